The first-order valence-corrected chi connectivity index (χ1v) is 10.2. The highest BCUT2D eigenvalue weighted by Crippen LogP contribution is 2.23. The number of ether oxygens (including phenoxy) is 1. The number of carbonyl (C=O) groups is 1. The molecular weight excluding hydrogens is 402 g/mol. The topological polar surface area (TPSA) is 80.2 Å². The third-order valence-electron chi connectivity index (χ3n) is 4.84. The molecule has 0 spiro atoms. The Morgan fingerprint density at radius 3 is 2.83 bits per heavy atom. The minimum absolute atomic E-state index is 0.107. The summed E-state index contributed by atoms with van der Waals surface area (Å²) in [6, 6.07) is 15.0. The van der Waals surface area contributed by atoms with E-state index in [4.69, 9.17) is 16.3 Å². The zero-order valence-electron chi connectivity index (χ0n) is 16.4. The average Bonchev–Trinajstić information content (AvgIpc) is 2.78. The van der Waals surface area contributed by atoms with Gasteiger partial charge in [0.2, 0.25) is 11.9 Å². The Morgan fingerprint density at radius 2 is 2.00 bits per heavy atom. The first-order chi connectivity index (χ1) is 14.7. The van der Waals surface area contributed by atoms with E-state index in [1.807, 2.05) is 47.4 Å². The third kappa shape index (κ3) is 5.31. The van der Waals surface area contributed by atoms with Crippen molar-refractivity contribution >= 4 is 29.3 Å². The van der Waals surface area contributed by atoms with Gasteiger partial charge in [0, 0.05) is 30.4 Å². The molecule has 1 aliphatic heterocycles. The van der Waals surface area contributed by atoms with Gasteiger partial charge in [-0.1, -0.05) is 29.8 Å². The summed E-state index contributed by atoms with van der Waals surface area (Å²) in [6.45, 7) is 1.54. The van der Waals surface area contributed by atoms with Crippen molar-refractivity contribution in [3.8, 4) is 0 Å². The van der Waals surface area contributed by atoms with Crippen LogP contribution in [-0.2, 0) is 16.0 Å². The van der Waals surface area contributed by atoms with Crippen molar-refractivity contribution in [3.63, 3.8) is 0 Å². The van der Waals surface area contributed by atoms with Gasteiger partial charge < -0.3 is 15.0 Å². The molecule has 3 heterocycles. The van der Waals surface area contributed by atoms with Crippen LogP contribution in [0, 0.1) is 0 Å². The molecule has 1 atom stereocenters. The van der Waals surface area contributed by atoms with Crippen LogP contribution in [0.25, 0.3) is 0 Å². The summed E-state index contributed by atoms with van der Waals surface area (Å²) < 4.78 is 5.90. The van der Waals surface area contributed by atoms with Crippen LogP contribution in [0.3, 0.4) is 0 Å². The first-order valence-electron chi connectivity index (χ1n) is 9.82. The maximum atomic E-state index is 12.7. The fraction of sp³-hybridized carbons (Fsp3) is 0.273. The molecule has 1 aromatic carbocycles. The number of hydrogen-bond acceptors (Lipinski definition) is 6. The van der Waals surface area contributed by atoms with E-state index in [1.165, 1.54) is 0 Å². The van der Waals surface area contributed by atoms with E-state index >= 15 is 0 Å². The summed E-state index contributed by atoms with van der Waals surface area (Å²) >= 11 is 6.03. The quantitative estimate of drug-likeness (QED) is 0.649. The lowest BCUT2D eigenvalue weighted by molar-refractivity contribution is -0.139. The highest BCUT2D eigenvalue weighted by atomic mass is 35.5. The summed E-state index contributed by atoms with van der Waals surface area (Å²) in [4.78, 5) is 27.5. The Balaban J connectivity index is 1.37. The molecule has 1 N–H and O–H groups in total. The van der Waals surface area contributed by atoms with E-state index < -0.39 is 0 Å². The molecule has 154 valence electrons. The Bertz CT molecular complexity index is 1000. The molecule has 7 nitrogen and oxygen atoms in total. The fourth-order valence-corrected chi connectivity index (χ4v) is 3.55. The number of nitrogens with zero attached hydrogens (tertiary/aromatic N) is 4. The van der Waals surface area contributed by atoms with Crippen LogP contribution in [0.15, 0.2) is 60.9 Å². The molecule has 1 aliphatic rings. The second kappa shape index (κ2) is 9.65. The number of amides is 1. The van der Waals surface area contributed by atoms with Crippen LogP contribution >= 0.6 is 11.6 Å². The molecule has 0 bridgehead atoms. The van der Waals surface area contributed by atoms with Crippen molar-refractivity contribution in [2.75, 3.05) is 25.0 Å². The van der Waals surface area contributed by atoms with Gasteiger partial charge >= 0.3 is 0 Å². The number of pyridine rings is 1. The second-order valence-corrected chi connectivity index (χ2v) is 7.41. The van der Waals surface area contributed by atoms with Gasteiger partial charge in [-0.15, -0.1) is 0 Å². The maximum absolute atomic E-state index is 12.7. The van der Waals surface area contributed by atoms with Crippen LogP contribution in [-0.4, -0.2) is 45.5 Å². The molecule has 1 saturated heterocycles. The largest absolute Gasteiger partial charge is 0.368 e. The number of aromatic nitrogens is 3. The van der Waals surface area contributed by atoms with Crippen LogP contribution in [0.1, 0.15) is 23.8 Å². The summed E-state index contributed by atoms with van der Waals surface area (Å²) in [6.07, 6.45) is 4.16. The average molecular weight is 424 g/mol. The monoisotopic (exact) mass is 423 g/mol. The van der Waals surface area contributed by atoms with Crippen molar-refractivity contribution in [3.05, 3.63) is 77.2 Å². The smallest absolute Gasteiger partial charge is 0.228 e. The van der Waals surface area contributed by atoms with Gasteiger partial charge in [0.25, 0.3) is 0 Å². The first kappa shape index (κ1) is 20.3. The molecular formula is C22H22ClN5O2. The Morgan fingerprint density at radius 1 is 1.17 bits per heavy atom. The molecule has 1 unspecified atom stereocenters. The molecule has 4 rings (SSSR count). The summed E-state index contributed by atoms with van der Waals surface area (Å²) in [7, 11) is 0. The number of carbonyl (C=O) groups excluding carboxylic acids is 1. The van der Waals surface area contributed by atoms with Gasteiger partial charge in [-0.3, -0.25) is 4.79 Å². The zero-order chi connectivity index (χ0) is 20.8. The molecule has 8 heteroatoms. The number of anilines is 2. The summed E-state index contributed by atoms with van der Waals surface area (Å²) in [5, 5.41) is 3.77. The molecule has 2 aromatic heterocycles. The van der Waals surface area contributed by atoms with E-state index in [0.29, 0.717) is 49.3 Å². The van der Waals surface area contributed by atoms with Gasteiger partial charge in [0.1, 0.15) is 11.9 Å². The molecule has 30 heavy (non-hydrogen) atoms. The van der Waals surface area contributed by atoms with Gasteiger partial charge in [-0.2, -0.15) is 0 Å². The van der Waals surface area contributed by atoms with Crippen molar-refractivity contribution < 1.29 is 9.53 Å². The number of morpholine rings is 1. The number of rotatable bonds is 6. The van der Waals surface area contributed by atoms with E-state index in [0.717, 1.165) is 11.3 Å². The van der Waals surface area contributed by atoms with Gasteiger partial charge in [-0.05, 0) is 42.3 Å². The SMILES string of the molecule is O=C(CCc1cccc(Cl)c1)N1CCOC(c2cccc(Nc3ncccn3)n2)C1. The lowest BCUT2D eigenvalue weighted by atomic mass is 10.1. The van der Waals surface area contributed by atoms with E-state index in [9.17, 15) is 4.79 Å². The summed E-state index contributed by atoms with van der Waals surface area (Å²) in [5.74, 6) is 1.21. The van der Waals surface area contributed by atoms with E-state index in [2.05, 4.69) is 20.3 Å². The van der Waals surface area contributed by atoms with Crippen molar-refractivity contribution in [2.45, 2.75) is 18.9 Å². The Hall–Kier alpha value is -3.03. The molecule has 1 amide bonds. The minimum Gasteiger partial charge on any atom is -0.368 e. The zero-order valence-corrected chi connectivity index (χ0v) is 17.1. The summed E-state index contributed by atoms with van der Waals surface area (Å²) in [5.41, 5.74) is 1.83. The van der Waals surface area contributed by atoms with Crippen molar-refractivity contribution in [2.24, 2.45) is 0 Å². The van der Waals surface area contributed by atoms with Crippen LogP contribution in [0.2, 0.25) is 5.02 Å². The number of benzene rings is 1. The van der Waals surface area contributed by atoms with Crippen molar-refractivity contribution in [1.82, 2.24) is 19.9 Å². The van der Waals surface area contributed by atoms with Crippen LogP contribution < -0.4 is 5.32 Å². The Kier molecular flexibility index (Phi) is 6.51. The molecule has 0 radical (unpaired) electrons. The highest BCUT2D eigenvalue weighted by molar-refractivity contribution is 6.30. The Labute approximate surface area is 180 Å². The highest BCUT2D eigenvalue weighted by Gasteiger charge is 2.26. The standard InChI is InChI=1S/C22H22ClN5O2/c23-17-5-1-4-16(14-17)8-9-21(29)28-12-13-30-19(15-28)18-6-2-7-20(26-18)27-22-24-10-3-11-25-22/h1-7,10-11,14,19H,8-9,12-13,15H2,(H,24,25,26,27). The normalized spacial score (nSPS) is 16.3. The second-order valence-electron chi connectivity index (χ2n) is 6.97. The molecule has 3 aromatic rings. The number of nitrogens with one attached hydrogen (secondary N) is 1. The predicted molar refractivity (Wildman–Crippen MR) is 115 cm³/mol. The fourth-order valence-electron chi connectivity index (χ4n) is 3.34. The predicted octanol–water partition coefficient (Wildman–Crippen LogP) is 3.80. The molecule has 0 aliphatic carbocycles. The lowest BCUT2D eigenvalue weighted by Crippen LogP contribution is -2.42. The minimum atomic E-state index is -0.271. The maximum Gasteiger partial charge on any atom is 0.228 e. The van der Waals surface area contributed by atoms with Crippen LogP contribution in [0.4, 0.5) is 11.8 Å². The number of halogens is 1. The third-order valence-corrected chi connectivity index (χ3v) is 5.08. The van der Waals surface area contributed by atoms with E-state index in [1.54, 1.807) is 18.5 Å². The van der Waals surface area contributed by atoms with Crippen molar-refractivity contribution in [1.29, 1.82) is 0 Å². The van der Waals surface area contributed by atoms with E-state index in [-0.39, 0.29) is 12.0 Å². The lowest BCUT2D eigenvalue weighted by Gasteiger charge is -2.33. The van der Waals surface area contributed by atoms with Gasteiger partial charge in [0.05, 0.1) is 18.8 Å². The molecule has 1 fully saturated rings. The number of hydrogen-bond donors (Lipinski definition) is 1. The van der Waals surface area contributed by atoms with Crippen LogP contribution in [0.5, 0.6) is 0 Å². The molecule has 0 saturated carbocycles. The number of aryl methyl sites for hydroxylation is 1. The van der Waals surface area contributed by atoms with Gasteiger partial charge in [0.15, 0.2) is 0 Å². The van der Waals surface area contributed by atoms with Gasteiger partial charge in [-0.25, -0.2) is 15.0 Å².